The summed E-state index contributed by atoms with van der Waals surface area (Å²) in [7, 11) is 1.66. The lowest BCUT2D eigenvalue weighted by Crippen LogP contribution is -2.41. The van der Waals surface area contributed by atoms with Crippen LogP contribution in [0.2, 0.25) is 0 Å². The number of methoxy groups -OCH3 is 1. The molecule has 1 aromatic rings. The first-order valence-electron chi connectivity index (χ1n) is 7.77. The van der Waals surface area contributed by atoms with Crippen LogP contribution in [0.5, 0.6) is 11.5 Å². The molecule has 3 heteroatoms. The molecule has 1 atom stereocenters. The summed E-state index contributed by atoms with van der Waals surface area (Å²) in [5, 5.41) is 10.5. The van der Waals surface area contributed by atoms with Crippen LogP contribution in [0, 0.1) is 0 Å². The molecule has 1 heterocycles. The number of hydrogen-bond acceptors (Lipinski definition) is 3. The van der Waals surface area contributed by atoms with Crippen LogP contribution in [0.15, 0.2) is 18.2 Å². The fraction of sp³-hybridized carbons (Fsp3) is 0.647. The average molecular weight is 276 g/mol. The second kappa shape index (κ2) is 5.65. The summed E-state index contributed by atoms with van der Waals surface area (Å²) >= 11 is 0. The summed E-state index contributed by atoms with van der Waals surface area (Å²) in [6.45, 7) is 0. The largest absolute Gasteiger partial charge is 0.497 e. The Bertz CT molecular complexity index is 461. The van der Waals surface area contributed by atoms with E-state index in [1.54, 1.807) is 7.11 Å². The molecule has 0 aromatic heterocycles. The number of hydrogen-bond donors (Lipinski definition) is 1. The van der Waals surface area contributed by atoms with Crippen LogP contribution in [-0.4, -0.2) is 17.8 Å². The number of aliphatic hydroxyl groups is 1. The van der Waals surface area contributed by atoms with E-state index >= 15 is 0 Å². The van der Waals surface area contributed by atoms with Crippen LogP contribution in [0.4, 0.5) is 0 Å². The van der Waals surface area contributed by atoms with Gasteiger partial charge in [0.2, 0.25) is 0 Å². The van der Waals surface area contributed by atoms with Crippen molar-refractivity contribution in [1.29, 1.82) is 0 Å². The Balaban J connectivity index is 1.88. The Morgan fingerprint density at radius 2 is 1.85 bits per heavy atom. The molecule has 2 aliphatic rings. The van der Waals surface area contributed by atoms with E-state index in [-0.39, 0.29) is 5.60 Å². The molecule has 1 spiro atoms. The lowest BCUT2D eigenvalue weighted by molar-refractivity contribution is -0.0314. The van der Waals surface area contributed by atoms with Crippen molar-refractivity contribution < 1.29 is 14.6 Å². The van der Waals surface area contributed by atoms with Crippen molar-refractivity contribution in [3.63, 3.8) is 0 Å². The zero-order chi connectivity index (χ0) is 14.0. The normalized spacial score (nSPS) is 25.2. The average Bonchev–Trinajstić information content (AvgIpc) is 2.43. The first-order chi connectivity index (χ1) is 9.72. The highest BCUT2D eigenvalue weighted by molar-refractivity contribution is 5.44. The Morgan fingerprint density at radius 1 is 1.15 bits per heavy atom. The molecule has 1 N–H and O–H groups in total. The van der Waals surface area contributed by atoms with Gasteiger partial charge in [-0.15, -0.1) is 0 Å². The number of ether oxygens (including phenoxy) is 2. The van der Waals surface area contributed by atoms with E-state index in [0.717, 1.165) is 36.3 Å². The van der Waals surface area contributed by atoms with E-state index in [0.29, 0.717) is 0 Å². The van der Waals surface area contributed by atoms with E-state index < -0.39 is 6.10 Å². The maximum absolute atomic E-state index is 10.5. The van der Waals surface area contributed by atoms with Crippen LogP contribution < -0.4 is 9.47 Å². The maximum Gasteiger partial charge on any atom is 0.129 e. The molecule has 0 radical (unpaired) electrons. The number of aliphatic hydroxyl groups excluding tert-OH is 1. The fourth-order valence-electron chi connectivity index (χ4n) is 3.60. The summed E-state index contributed by atoms with van der Waals surface area (Å²) < 4.78 is 11.6. The molecular weight excluding hydrogens is 252 g/mol. The Morgan fingerprint density at radius 3 is 2.55 bits per heavy atom. The van der Waals surface area contributed by atoms with Gasteiger partial charge < -0.3 is 14.6 Å². The highest BCUT2D eigenvalue weighted by atomic mass is 16.5. The van der Waals surface area contributed by atoms with Gasteiger partial charge in [-0.25, -0.2) is 0 Å². The van der Waals surface area contributed by atoms with E-state index in [9.17, 15) is 5.11 Å². The van der Waals surface area contributed by atoms with Crippen LogP contribution in [0.3, 0.4) is 0 Å². The van der Waals surface area contributed by atoms with Crippen LogP contribution in [-0.2, 0) is 0 Å². The SMILES string of the molecule is COc1ccc2c(c1)OC1(CCCCCCC1)C[C@H]2O. The third kappa shape index (κ3) is 2.64. The summed E-state index contributed by atoms with van der Waals surface area (Å²) in [4.78, 5) is 0. The third-order valence-electron chi connectivity index (χ3n) is 4.74. The zero-order valence-corrected chi connectivity index (χ0v) is 12.2. The highest BCUT2D eigenvalue weighted by Gasteiger charge is 2.40. The monoisotopic (exact) mass is 276 g/mol. The summed E-state index contributed by atoms with van der Waals surface area (Å²) in [5.74, 6) is 1.60. The van der Waals surface area contributed by atoms with Gasteiger partial charge in [-0.1, -0.05) is 19.3 Å². The van der Waals surface area contributed by atoms with E-state index in [4.69, 9.17) is 9.47 Å². The van der Waals surface area contributed by atoms with Crippen molar-refractivity contribution in [2.75, 3.05) is 7.11 Å². The van der Waals surface area contributed by atoms with Gasteiger partial charge in [-0.05, 0) is 37.8 Å². The lowest BCUT2D eigenvalue weighted by Gasteiger charge is -2.42. The highest BCUT2D eigenvalue weighted by Crippen LogP contribution is 2.46. The predicted octanol–water partition coefficient (Wildman–Crippen LogP) is 3.99. The van der Waals surface area contributed by atoms with Crippen molar-refractivity contribution in [3.05, 3.63) is 23.8 Å². The molecule has 1 saturated carbocycles. The number of fused-ring (bicyclic) bond motifs is 1. The minimum absolute atomic E-state index is 0.167. The summed E-state index contributed by atoms with van der Waals surface area (Å²) in [6, 6.07) is 5.73. The molecule has 1 aromatic carbocycles. The smallest absolute Gasteiger partial charge is 0.129 e. The molecule has 1 aliphatic heterocycles. The van der Waals surface area contributed by atoms with Crippen molar-refractivity contribution in [2.24, 2.45) is 0 Å². The van der Waals surface area contributed by atoms with Gasteiger partial charge in [-0.3, -0.25) is 0 Å². The third-order valence-corrected chi connectivity index (χ3v) is 4.74. The first-order valence-corrected chi connectivity index (χ1v) is 7.77. The molecular formula is C17H24O3. The van der Waals surface area contributed by atoms with Gasteiger partial charge >= 0.3 is 0 Å². The molecule has 20 heavy (non-hydrogen) atoms. The van der Waals surface area contributed by atoms with Crippen LogP contribution in [0.25, 0.3) is 0 Å². The Hall–Kier alpha value is -1.22. The van der Waals surface area contributed by atoms with Crippen molar-refractivity contribution in [3.8, 4) is 11.5 Å². The predicted molar refractivity (Wildman–Crippen MR) is 78.2 cm³/mol. The van der Waals surface area contributed by atoms with Crippen molar-refractivity contribution in [2.45, 2.75) is 63.1 Å². The van der Waals surface area contributed by atoms with Crippen molar-refractivity contribution >= 4 is 0 Å². The van der Waals surface area contributed by atoms with Gasteiger partial charge in [0, 0.05) is 18.1 Å². The van der Waals surface area contributed by atoms with E-state index in [2.05, 4.69) is 0 Å². The Kier molecular flexibility index (Phi) is 3.88. The first kappa shape index (κ1) is 13.7. The molecule has 3 nitrogen and oxygen atoms in total. The van der Waals surface area contributed by atoms with Crippen molar-refractivity contribution in [1.82, 2.24) is 0 Å². The quantitative estimate of drug-likeness (QED) is 0.842. The minimum atomic E-state index is -0.413. The van der Waals surface area contributed by atoms with Gasteiger partial charge in [-0.2, -0.15) is 0 Å². The maximum atomic E-state index is 10.5. The van der Waals surface area contributed by atoms with Gasteiger partial charge in [0.05, 0.1) is 13.2 Å². The topological polar surface area (TPSA) is 38.7 Å². The summed E-state index contributed by atoms with van der Waals surface area (Å²) in [6.07, 6.45) is 8.73. The molecule has 0 unspecified atom stereocenters. The molecule has 1 aliphatic carbocycles. The van der Waals surface area contributed by atoms with E-state index in [1.807, 2.05) is 18.2 Å². The molecule has 0 bridgehead atoms. The second-order valence-corrected chi connectivity index (χ2v) is 6.18. The standard InChI is InChI=1S/C17H24O3/c1-19-13-7-8-14-15(18)12-17(20-16(14)11-13)9-5-3-2-4-6-10-17/h7-8,11,15,18H,2-6,9-10,12H2,1H3/t15-/m1/s1. The number of rotatable bonds is 1. The summed E-state index contributed by atoms with van der Waals surface area (Å²) in [5.41, 5.74) is 0.734. The van der Waals surface area contributed by atoms with E-state index in [1.165, 1.54) is 32.1 Å². The molecule has 1 fully saturated rings. The fourth-order valence-corrected chi connectivity index (χ4v) is 3.60. The lowest BCUT2D eigenvalue weighted by atomic mass is 9.79. The minimum Gasteiger partial charge on any atom is -0.497 e. The number of benzene rings is 1. The molecule has 0 amide bonds. The van der Waals surface area contributed by atoms with Gasteiger partial charge in [0.1, 0.15) is 17.1 Å². The van der Waals surface area contributed by atoms with Gasteiger partial charge in [0.25, 0.3) is 0 Å². The second-order valence-electron chi connectivity index (χ2n) is 6.18. The molecule has 3 rings (SSSR count). The molecule has 0 saturated heterocycles. The Labute approximate surface area is 120 Å². The van der Waals surface area contributed by atoms with Crippen LogP contribution in [0.1, 0.15) is 63.0 Å². The zero-order valence-electron chi connectivity index (χ0n) is 12.2. The van der Waals surface area contributed by atoms with Crippen LogP contribution >= 0.6 is 0 Å². The molecule has 110 valence electrons. The van der Waals surface area contributed by atoms with Gasteiger partial charge in [0.15, 0.2) is 0 Å².